The molecule has 3 amide bonds. The number of fused-ring (bicyclic) bond motifs is 1. The third kappa shape index (κ3) is 1.81. The fourth-order valence-electron chi connectivity index (χ4n) is 2.02. The molecule has 0 aromatic carbocycles. The second-order valence-electron chi connectivity index (χ2n) is 4.18. The summed E-state index contributed by atoms with van der Waals surface area (Å²) in [6, 6.07) is -0.308. The molecule has 6 heteroatoms. The van der Waals surface area contributed by atoms with Gasteiger partial charge in [-0.05, 0) is 6.08 Å². The molecule has 1 N–H and O–H groups in total. The smallest absolute Gasteiger partial charge is 0.329 e. The number of carbonyl (C=O) groups excluding carboxylic acids is 2. The van der Waals surface area contributed by atoms with Crippen LogP contribution < -0.4 is 5.32 Å². The molecule has 3 rings (SSSR count). The van der Waals surface area contributed by atoms with Crippen molar-refractivity contribution in [2.75, 3.05) is 6.54 Å². The SMILES string of the molecule is O=C1CCN(C2=CN3C=CC=CC3C=N2)C(=O)N1. The molecule has 3 aliphatic heterocycles. The van der Waals surface area contributed by atoms with Crippen LogP contribution in [0, 0.1) is 0 Å². The summed E-state index contributed by atoms with van der Waals surface area (Å²) in [7, 11) is 0. The van der Waals surface area contributed by atoms with Crippen molar-refractivity contribution in [3.8, 4) is 0 Å². The standard InChI is InChI=1S/C12H12N4O2/c17-11-4-6-16(12(18)14-11)10-8-15-5-2-1-3-9(15)7-13-10/h1-3,5,7-9H,4,6H2,(H,14,17,18). The van der Waals surface area contributed by atoms with E-state index in [2.05, 4.69) is 10.3 Å². The van der Waals surface area contributed by atoms with Gasteiger partial charge in [0.1, 0.15) is 0 Å². The minimum Gasteiger partial charge on any atom is -0.339 e. The van der Waals surface area contributed by atoms with E-state index in [0.29, 0.717) is 18.8 Å². The van der Waals surface area contributed by atoms with E-state index in [0.717, 1.165) is 0 Å². The van der Waals surface area contributed by atoms with Crippen molar-refractivity contribution in [3.63, 3.8) is 0 Å². The van der Waals surface area contributed by atoms with E-state index in [1.165, 1.54) is 4.90 Å². The molecule has 1 unspecified atom stereocenters. The number of hydrogen-bond acceptors (Lipinski definition) is 4. The lowest BCUT2D eigenvalue weighted by molar-refractivity contribution is -0.121. The van der Waals surface area contributed by atoms with Gasteiger partial charge >= 0.3 is 6.03 Å². The Morgan fingerprint density at radius 1 is 1.33 bits per heavy atom. The fraction of sp³-hybridized carbons (Fsp3) is 0.250. The van der Waals surface area contributed by atoms with Crippen LogP contribution >= 0.6 is 0 Å². The number of imide groups is 1. The molecule has 1 atom stereocenters. The Bertz CT molecular complexity index is 518. The zero-order valence-corrected chi connectivity index (χ0v) is 9.61. The molecule has 3 heterocycles. The molecule has 0 radical (unpaired) electrons. The quantitative estimate of drug-likeness (QED) is 0.733. The highest BCUT2D eigenvalue weighted by molar-refractivity contribution is 5.97. The van der Waals surface area contributed by atoms with Crippen molar-refractivity contribution in [2.45, 2.75) is 12.5 Å². The lowest BCUT2D eigenvalue weighted by Gasteiger charge is -2.32. The highest BCUT2D eigenvalue weighted by Crippen LogP contribution is 2.19. The van der Waals surface area contributed by atoms with E-state index in [1.54, 1.807) is 12.4 Å². The molecule has 0 aromatic rings. The van der Waals surface area contributed by atoms with Crippen molar-refractivity contribution in [1.82, 2.24) is 15.1 Å². The minimum atomic E-state index is -0.412. The first-order chi connectivity index (χ1) is 8.74. The molecular weight excluding hydrogens is 232 g/mol. The maximum atomic E-state index is 11.7. The number of urea groups is 1. The first-order valence-corrected chi connectivity index (χ1v) is 5.74. The lowest BCUT2D eigenvalue weighted by Crippen LogP contribution is -2.49. The minimum absolute atomic E-state index is 0.105. The second-order valence-corrected chi connectivity index (χ2v) is 4.18. The van der Waals surface area contributed by atoms with Crippen LogP contribution in [-0.2, 0) is 4.79 Å². The van der Waals surface area contributed by atoms with Crippen LogP contribution in [0.3, 0.4) is 0 Å². The lowest BCUT2D eigenvalue weighted by atomic mass is 10.2. The zero-order valence-electron chi connectivity index (χ0n) is 9.61. The van der Waals surface area contributed by atoms with Gasteiger partial charge in [-0.1, -0.05) is 12.2 Å². The Hall–Kier alpha value is -2.37. The van der Waals surface area contributed by atoms with Gasteiger partial charge < -0.3 is 4.90 Å². The highest BCUT2D eigenvalue weighted by atomic mass is 16.2. The van der Waals surface area contributed by atoms with Gasteiger partial charge in [0.05, 0.1) is 6.04 Å². The van der Waals surface area contributed by atoms with Crippen LogP contribution in [-0.4, -0.2) is 40.5 Å². The molecule has 0 aromatic heterocycles. The van der Waals surface area contributed by atoms with Crippen LogP contribution in [0.1, 0.15) is 6.42 Å². The fourth-order valence-corrected chi connectivity index (χ4v) is 2.02. The number of hydrogen-bond donors (Lipinski definition) is 1. The van der Waals surface area contributed by atoms with Crippen molar-refractivity contribution in [3.05, 3.63) is 36.4 Å². The number of amides is 3. The summed E-state index contributed by atoms with van der Waals surface area (Å²) in [5, 5.41) is 2.28. The summed E-state index contributed by atoms with van der Waals surface area (Å²) in [5.41, 5.74) is 0. The Morgan fingerprint density at radius 3 is 3.06 bits per heavy atom. The van der Waals surface area contributed by atoms with Gasteiger partial charge in [0.2, 0.25) is 5.91 Å². The van der Waals surface area contributed by atoms with E-state index in [-0.39, 0.29) is 11.9 Å². The van der Waals surface area contributed by atoms with Gasteiger partial charge in [-0.3, -0.25) is 15.0 Å². The monoisotopic (exact) mass is 244 g/mol. The summed E-state index contributed by atoms with van der Waals surface area (Å²) in [5.74, 6) is 0.312. The summed E-state index contributed by atoms with van der Waals surface area (Å²) < 4.78 is 0. The number of rotatable bonds is 1. The maximum Gasteiger partial charge on any atom is 0.329 e. The Morgan fingerprint density at radius 2 is 2.22 bits per heavy atom. The highest BCUT2D eigenvalue weighted by Gasteiger charge is 2.28. The van der Waals surface area contributed by atoms with Crippen LogP contribution in [0.25, 0.3) is 0 Å². The molecule has 1 saturated heterocycles. The van der Waals surface area contributed by atoms with E-state index in [9.17, 15) is 9.59 Å². The van der Waals surface area contributed by atoms with E-state index in [4.69, 9.17) is 0 Å². The molecule has 3 aliphatic rings. The van der Waals surface area contributed by atoms with Gasteiger partial charge in [0.15, 0.2) is 5.82 Å². The van der Waals surface area contributed by atoms with Crippen molar-refractivity contribution >= 4 is 18.2 Å². The molecule has 0 aliphatic carbocycles. The number of nitrogens with one attached hydrogen (secondary N) is 1. The predicted octanol–water partition coefficient (Wildman–Crippen LogP) is 0.566. The summed E-state index contributed by atoms with van der Waals surface area (Å²) >= 11 is 0. The number of nitrogens with zero attached hydrogens (tertiary/aromatic N) is 3. The Balaban J connectivity index is 1.81. The molecule has 92 valence electrons. The van der Waals surface area contributed by atoms with Gasteiger partial charge in [-0.25, -0.2) is 9.79 Å². The largest absolute Gasteiger partial charge is 0.339 e. The number of carbonyl (C=O) groups is 2. The van der Waals surface area contributed by atoms with Crippen LogP contribution in [0.5, 0.6) is 0 Å². The molecule has 0 spiro atoms. The molecule has 0 bridgehead atoms. The topological polar surface area (TPSA) is 65.0 Å². The van der Waals surface area contributed by atoms with Gasteiger partial charge in [-0.15, -0.1) is 0 Å². The van der Waals surface area contributed by atoms with Gasteiger partial charge in [0.25, 0.3) is 0 Å². The molecular formula is C12H12N4O2. The second kappa shape index (κ2) is 4.14. The van der Waals surface area contributed by atoms with E-state index < -0.39 is 6.03 Å². The summed E-state index contributed by atoms with van der Waals surface area (Å²) in [6.45, 7) is 0.367. The zero-order chi connectivity index (χ0) is 12.5. The van der Waals surface area contributed by atoms with E-state index >= 15 is 0 Å². The molecule has 0 saturated carbocycles. The normalized spacial score (nSPS) is 26.0. The van der Waals surface area contributed by atoms with Crippen LogP contribution in [0.4, 0.5) is 4.79 Å². The molecule has 6 nitrogen and oxygen atoms in total. The predicted molar refractivity (Wildman–Crippen MR) is 65.3 cm³/mol. The average Bonchev–Trinajstić information content (AvgIpc) is 2.38. The first-order valence-electron chi connectivity index (χ1n) is 5.74. The van der Waals surface area contributed by atoms with Gasteiger partial charge in [0, 0.05) is 31.6 Å². The van der Waals surface area contributed by atoms with Crippen molar-refractivity contribution in [1.29, 1.82) is 0 Å². The van der Waals surface area contributed by atoms with Gasteiger partial charge in [-0.2, -0.15) is 0 Å². The van der Waals surface area contributed by atoms with Crippen LogP contribution in [0.2, 0.25) is 0 Å². The molecule has 18 heavy (non-hydrogen) atoms. The van der Waals surface area contributed by atoms with Crippen molar-refractivity contribution < 1.29 is 9.59 Å². The summed E-state index contributed by atoms with van der Waals surface area (Å²) in [4.78, 5) is 30.5. The molecule has 1 fully saturated rings. The van der Waals surface area contributed by atoms with E-state index in [1.807, 2.05) is 29.3 Å². The van der Waals surface area contributed by atoms with Crippen LogP contribution in [0.15, 0.2) is 41.4 Å². The average molecular weight is 244 g/mol. The Kier molecular flexibility index (Phi) is 2.47. The summed E-state index contributed by atoms with van der Waals surface area (Å²) in [6.07, 6.45) is 11.7. The van der Waals surface area contributed by atoms with Crippen molar-refractivity contribution in [2.24, 2.45) is 4.99 Å². The first kappa shape index (κ1) is 10.8. The maximum absolute atomic E-state index is 11.7. The Labute approximate surface area is 104 Å². The third-order valence-corrected chi connectivity index (χ3v) is 2.98. The number of allylic oxidation sites excluding steroid dienone is 2. The number of aliphatic imine (C=N–C) groups is 1. The third-order valence-electron chi connectivity index (χ3n) is 2.98.